The van der Waals surface area contributed by atoms with Gasteiger partial charge in [0, 0.05) is 19.9 Å². The molecule has 5 heteroatoms. The number of hydrogen-bond donors (Lipinski definition) is 2. The van der Waals surface area contributed by atoms with Crippen molar-refractivity contribution in [3.8, 4) is 5.75 Å². The van der Waals surface area contributed by atoms with Crippen molar-refractivity contribution in [3.05, 3.63) is 42.0 Å². The maximum Gasteiger partial charge on any atom is 0.326 e. The van der Waals surface area contributed by atoms with Gasteiger partial charge in [0.25, 0.3) is 0 Å². The zero-order chi connectivity index (χ0) is 25.0. The van der Waals surface area contributed by atoms with Crippen LogP contribution in [0.1, 0.15) is 109 Å². The molecule has 0 saturated heterocycles. The first-order valence-corrected chi connectivity index (χ1v) is 13.4. The number of hydrogen-bond acceptors (Lipinski definition) is 3. The number of unbranched alkanes of at least 4 members (excludes halogenated alkanes) is 12. The Balaban J connectivity index is 2.17. The second-order valence-corrected chi connectivity index (χ2v) is 9.37. The first-order chi connectivity index (χ1) is 16.5. The highest BCUT2D eigenvalue weighted by Crippen LogP contribution is 2.16. The number of phenolic OH excluding ortho intramolecular Hbond substituents is 1. The van der Waals surface area contributed by atoms with Gasteiger partial charge in [0.1, 0.15) is 11.8 Å². The molecule has 0 bridgehead atoms. The molecule has 0 aliphatic carbocycles. The quantitative estimate of drug-likeness (QED) is 0.154. The number of carboxylic acids is 1. The van der Waals surface area contributed by atoms with Crippen LogP contribution in [0, 0.1) is 0 Å². The molecule has 0 aliphatic heterocycles. The largest absolute Gasteiger partial charge is 0.508 e. The average Bonchev–Trinajstić information content (AvgIpc) is 2.81. The Labute approximate surface area is 207 Å². The Bertz CT molecular complexity index is 699. The molecule has 192 valence electrons. The molecule has 0 aromatic heterocycles. The molecule has 0 saturated carbocycles. The van der Waals surface area contributed by atoms with Crippen molar-refractivity contribution in [1.29, 1.82) is 0 Å². The van der Waals surface area contributed by atoms with E-state index in [1.807, 2.05) is 0 Å². The van der Waals surface area contributed by atoms with Gasteiger partial charge in [-0.05, 0) is 49.8 Å². The number of carbonyl (C=O) groups is 2. The Morgan fingerprint density at radius 3 is 1.82 bits per heavy atom. The monoisotopic (exact) mass is 473 g/mol. The van der Waals surface area contributed by atoms with Gasteiger partial charge < -0.3 is 15.1 Å². The lowest BCUT2D eigenvalue weighted by atomic mass is 10.0. The summed E-state index contributed by atoms with van der Waals surface area (Å²) in [6.07, 6.45) is 21.9. The summed E-state index contributed by atoms with van der Waals surface area (Å²) in [7, 11) is 0. The molecular weight excluding hydrogens is 426 g/mol. The Kier molecular flexibility index (Phi) is 16.7. The van der Waals surface area contributed by atoms with Crippen LogP contribution >= 0.6 is 0 Å². The third-order valence-corrected chi connectivity index (χ3v) is 6.34. The van der Waals surface area contributed by atoms with Gasteiger partial charge >= 0.3 is 5.97 Å². The average molecular weight is 474 g/mol. The summed E-state index contributed by atoms with van der Waals surface area (Å²) in [5, 5.41) is 19.1. The van der Waals surface area contributed by atoms with E-state index in [4.69, 9.17) is 0 Å². The Hall–Kier alpha value is -2.30. The van der Waals surface area contributed by atoms with E-state index in [-0.39, 0.29) is 18.1 Å². The van der Waals surface area contributed by atoms with Crippen molar-refractivity contribution in [2.24, 2.45) is 0 Å². The predicted molar refractivity (Wildman–Crippen MR) is 140 cm³/mol. The van der Waals surface area contributed by atoms with Crippen LogP contribution < -0.4 is 0 Å². The zero-order valence-electron chi connectivity index (χ0n) is 21.5. The van der Waals surface area contributed by atoms with Crippen LogP contribution in [0.4, 0.5) is 0 Å². The fourth-order valence-electron chi connectivity index (χ4n) is 4.25. The molecule has 1 aromatic carbocycles. The van der Waals surface area contributed by atoms with Crippen LogP contribution in [0.3, 0.4) is 0 Å². The van der Waals surface area contributed by atoms with Crippen LogP contribution in [-0.2, 0) is 16.0 Å². The molecular formula is C29H47NO4. The van der Waals surface area contributed by atoms with E-state index >= 15 is 0 Å². The van der Waals surface area contributed by atoms with Crippen LogP contribution in [0.2, 0.25) is 0 Å². The lowest BCUT2D eigenvalue weighted by Crippen LogP contribution is -2.46. The van der Waals surface area contributed by atoms with Crippen molar-refractivity contribution in [2.45, 2.75) is 116 Å². The molecule has 0 spiro atoms. The summed E-state index contributed by atoms with van der Waals surface area (Å²) in [5.41, 5.74) is 0.789. The number of phenols is 1. The van der Waals surface area contributed by atoms with Gasteiger partial charge in [-0.25, -0.2) is 4.79 Å². The van der Waals surface area contributed by atoms with Crippen LogP contribution in [0.25, 0.3) is 0 Å². The fourth-order valence-corrected chi connectivity index (χ4v) is 4.25. The molecule has 0 aliphatic rings. The number of allylic oxidation sites excluding steroid dienone is 2. The maximum atomic E-state index is 12.1. The first kappa shape index (κ1) is 29.7. The lowest BCUT2D eigenvalue weighted by Gasteiger charge is -2.28. The third kappa shape index (κ3) is 14.1. The highest BCUT2D eigenvalue weighted by molar-refractivity contribution is 5.82. The summed E-state index contributed by atoms with van der Waals surface area (Å²) in [6.45, 7) is 4.16. The highest BCUT2D eigenvalue weighted by Gasteiger charge is 2.27. The van der Waals surface area contributed by atoms with E-state index in [9.17, 15) is 19.8 Å². The fraction of sp³-hybridized carbons (Fsp3) is 0.655. The second kappa shape index (κ2) is 19.1. The summed E-state index contributed by atoms with van der Waals surface area (Å²) in [6, 6.07) is 5.60. The number of amides is 1. The Morgan fingerprint density at radius 1 is 0.824 bits per heavy atom. The van der Waals surface area contributed by atoms with Gasteiger partial charge in [0.2, 0.25) is 5.91 Å². The first-order valence-electron chi connectivity index (χ1n) is 13.4. The minimum absolute atomic E-state index is 0.142. The molecule has 2 N–H and O–H groups in total. The summed E-state index contributed by atoms with van der Waals surface area (Å²) >= 11 is 0. The molecule has 5 nitrogen and oxygen atoms in total. The van der Waals surface area contributed by atoms with Crippen LogP contribution in [0.15, 0.2) is 36.4 Å². The van der Waals surface area contributed by atoms with Gasteiger partial charge in [-0.15, -0.1) is 0 Å². The minimum atomic E-state index is -0.993. The standard InChI is InChI=1S/C29H47NO4/c1-3-4-5-6-7-8-9-10-11-12-13-14-15-16-17-18-23-30(25(2)31)28(29(33)34)24-26-19-21-27(32)22-20-26/h10-11,19-22,28,32H,3-9,12-18,23-24H2,1-2H3,(H,33,34)/b11-10-/t28-/m0/s1. The number of nitrogens with zero attached hydrogens (tertiary/aromatic N) is 1. The van der Waals surface area contributed by atoms with E-state index in [0.29, 0.717) is 6.54 Å². The zero-order valence-corrected chi connectivity index (χ0v) is 21.5. The molecule has 34 heavy (non-hydrogen) atoms. The number of rotatable bonds is 20. The van der Waals surface area contributed by atoms with E-state index in [1.165, 1.54) is 88.2 Å². The van der Waals surface area contributed by atoms with Crippen molar-refractivity contribution < 1.29 is 19.8 Å². The molecule has 0 fully saturated rings. The summed E-state index contributed by atoms with van der Waals surface area (Å²) in [4.78, 5) is 25.5. The minimum Gasteiger partial charge on any atom is -0.508 e. The Morgan fingerprint density at radius 2 is 1.32 bits per heavy atom. The van der Waals surface area contributed by atoms with E-state index < -0.39 is 12.0 Å². The van der Waals surface area contributed by atoms with Crippen molar-refractivity contribution in [1.82, 2.24) is 4.90 Å². The maximum absolute atomic E-state index is 12.1. The predicted octanol–water partition coefficient (Wildman–Crippen LogP) is 7.27. The molecule has 0 unspecified atom stereocenters. The van der Waals surface area contributed by atoms with Crippen molar-refractivity contribution >= 4 is 11.9 Å². The van der Waals surface area contributed by atoms with Gasteiger partial charge in [0.15, 0.2) is 0 Å². The van der Waals surface area contributed by atoms with E-state index in [1.54, 1.807) is 12.1 Å². The lowest BCUT2D eigenvalue weighted by molar-refractivity contribution is -0.149. The van der Waals surface area contributed by atoms with Crippen LogP contribution in [0.5, 0.6) is 5.75 Å². The van der Waals surface area contributed by atoms with Gasteiger partial charge in [0.05, 0.1) is 0 Å². The van der Waals surface area contributed by atoms with Crippen molar-refractivity contribution in [3.63, 3.8) is 0 Å². The van der Waals surface area contributed by atoms with E-state index in [0.717, 1.165) is 31.2 Å². The second-order valence-electron chi connectivity index (χ2n) is 9.37. The molecule has 1 rings (SSSR count). The molecule has 0 radical (unpaired) electrons. The summed E-state index contributed by atoms with van der Waals surface area (Å²) in [5.74, 6) is -1.06. The molecule has 1 amide bonds. The number of carbonyl (C=O) groups excluding carboxylic acids is 1. The molecule has 1 atom stereocenters. The van der Waals surface area contributed by atoms with Gasteiger partial charge in [-0.2, -0.15) is 0 Å². The number of benzene rings is 1. The normalized spacial score (nSPS) is 12.2. The van der Waals surface area contributed by atoms with Crippen molar-refractivity contribution in [2.75, 3.05) is 6.54 Å². The highest BCUT2D eigenvalue weighted by atomic mass is 16.4. The number of aliphatic carboxylic acids is 1. The molecule has 0 heterocycles. The van der Waals surface area contributed by atoms with Gasteiger partial charge in [-0.1, -0.05) is 89.0 Å². The van der Waals surface area contributed by atoms with E-state index in [2.05, 4.69) is 19.1 Å². The smallest absolute Gasteiger partial charge is 0.326 e. The number of carboxylic acid groups (broad SMARTS) is 1. The number of aromatic hydroxyl groups is 1. The van der Waals surface area contributed by atoms with Crippen LogP contribution in [-0.4, -0.2) is 39.6 Å². The third-order valence-electron chi connectivity index (χ3n) is 6.34. The summed E-state index contributed by atoms with van der Waals surface area (Å²) < 4.78 is 0. The van der Waals surface area contributed by atoms with Gasteiger partial charge in [-0.3, -0.25) is 4.79 Å². The topological polar surface area (TPSA) is 77.8 Å². The SMILES string of the molecule is CCCCCCCC/C=C\CCCCCCCCN(C(C)=O)[C@@H](Cc1ccc(O)cc1)C(=O)O. The molecule has 1 aromatic rings.